The fourth-order valence-corrected chi connectivity index (χ4v) is 3.63. The summed E-state index contributed by atoms with van der Waals surface area (Å²) >= 11 is 8.02. The van der Waals surface area contributed by atoms with E-state index in [0.29, 0.717) is 6.42 Å². The smallest absolute Gasteiger partial charge is 0.197 e. The van der Waals surface area contributed by atoms with Gasteiger partial charge in [0.05, 0.1) is 11.1 Å². The lowest BCUT2D eigenvalue weighted by molar-refractivity contribution is 0.477. The first kappa shape index (κ1) is 13.6. The molecule has 0 fully saturated rings. The maximum Gasteiger partial charge on any atom is 0.197 e. The highest BCUT2D eigenvalue weighted by Crippen LogP contribution is 2.34. The highest BCUT2D eigenvalue weighted by molar-refractivity contribution is 7.10. The highest BCUT2D eigenvalue weighted by Gasteiger charge is 2.19. The predicted octanol–water partition coefficient (Wildman–Crippen LogP) is 4.35. The van der Waals surface area contributed by atoms with Crippen molar-refractivity contribution in [1.29, 1.82) is 0 Å². The Bertz CT molecular complexity index is 701. The molecule has 5 heteroatoms. The standard InChI is InChI=1S/C15H15ClN2OS/c1-9-8-20-15(14(9)16)11(17-2)7-13-18-10-5-3-4-6-12(10)19-13/h3-6,8,11,17H,7H2,1-2H3. The molecule has 0 saturated heterocycles. The second kappa shape index (κ2) is 5.56. The van der Waals surface area contributed by atoms with Gasteiger partial charge in [-0.3, -0.25) is 0 Å². The number of rotatable bonds is 4. The average molecular weight is 307 g/mol. The molecule has 0 spiro atoms. The summed E-state index contributed by atoms with van der Waals surface area (Å²) < 4.78 is 5.78. The molecule has 2 aromatic heterocycles. The van der Waals surface area contributed by atoms with Crippen LogP contribution < -0.4 is 5.32 Å². The third-order valence-corrected chi connectivity index (χ3v) is 5.13. The molecule has 0 saturated carbocycles. The van der Waals surface area contributed by atoms with Gasteiger partial charge >= 0.3 is 0 Å². The van der Waals surface area contributed by atoms with Gasteiger partial charge in [-0.15, -0.1) is 11.3 Å². The molecule has 3 aromatic rings. The number of likely N-dealkylation sites (N-methyl/N-ethyl adjacent to an activating group) is 1. The topological polar surface area (TPSA) is 38.1 Å². The zero-order valence-electron chi connectivity index (χ0n) is 11.3. The quantitative estimate of drug-likeness (QED) is 0.778. The summed E-state index contributed by atoms with van der Waals surface area (Å²) in [6.07, 6.45) is 0.685. The maximum absolute atomic E-state index is 6.35. The Kier molecular flexibility index (Phi) is 3.78. The van der Waals surface area contributed by atoms with E-state index in [1.807, 2.05) is 38.2 Å². The van der Waals surface area contributed by atoms with Gasteiger partial charge in [-0.25, -0.2) is 4.98 Å². The summed E-state index contributed by atoms with van der Waals surface area (Å²) in [7, 11) is 1.93. The first-order chi connectivity index (χ1) is 9.69. The van der Waals surface area contributed by atoms with Crippen LogP contribution >= 0.6 is 22.9 Å². The lowest BCUT2D eigenvalue weighted by Gasteiger charge is -2.13. The van der Waals surface area contributed by atoms with E-state index in [2.05, 4.69) is 15.7 Å². The van der Waals surface area contributed by atoms with Crippen molar-refractivity contribution in [3.05, 3.63) is 51.0 Å². The van der Waals surface area contributed by atoms with Crippen LogP contribution in [-0.4, -0.2) is 12.0 Å². The van der Waals surface area contributed by atoms with Crippen LogP contribution in [-0.2, 0) is 6.42 Å². The molecule has 0 bridgehead atoms. The van der Waals surface area contributed by atoms with Crippen LogP contribution in [0.25, 0.3) is 11.1 Å². The first-order valence-electron chi connectivity index (χ1n) is 6.44. The molecule has 0 aliphatic carbocycles. The average Bonchev–Trinajstić information content (AvgIpc) is 3.01. The number of nitrogens with one attached hydrogen (secondary N) is 1. The molecule has 20 heavy (non-hydrogen) atoms. The molecule has 3 rings (SSSR count). The van der Waals surface area contributed by atoms with E-state index in [1.165, 1.54) is 0 Å². The fraction of sp³-hybridized carbons (Fsp3) is 0.267. The summed E-state index contributed by atoms with van der Waals surface area (Å²) in [4.78, 5) is 5.65. The van der Waals surface area contributed by atoms with Gasteiger partial charge in [0.25, 0.3) is 0 Å². The Morgan fingerprint density at radius 1 is 1.40 bits per heavy atom. The SMILES string of the molecule is CNC(Cc1nc2ccccc2o1)c1scc(C)c1Cl. The lowest BCUT2D eigenvalue weighted by atomic mass is 10.1. The van der Waals surface area contributed by atoms with E-state index in [4.69, 9.17) is 16.0 Å². The van der Waals surface area contributed by atoms with E-state index in [1.54, 1.807) is 11.3 Å². The molecule has 0 aliphatic rings. The summed E-state index contributed by atoms with van der Waals surface area (Å²) in [6.45, 7) is 2.02. The summed E-state index contributed by atoms with van der Waals surface area (Å²) in [5.41, 5.74) is 2.83. The van der Waals surface area contributed by atoms with Crippen molar-refractivity contribution in [3.8, 4) is 0 Å². The highest BCUT2D eigenvalue weighted by atomic mass is 35.5. The Balaban J connectivity index is 1.89. The van der Waals surface area contributed by atoms with Gasteiger partial charge in [-0.2, -0.15) is 0 Å². The monoisotopic (exact) mass is 306 g/mol. The minimum absolute atomic E-state index is 0.120. The van der Waals surface area contributed by atoms with Gasteiger partial charge in [0.15, 0.2) is 11.5 Å². The number of aromatic nitrogens is 1. The van der Waals surface area contributed by atoms with Gasteiger partial charge in [-0.05, 0) is 37.0 Å². The molecule has 1 aromatic carbocycles. The van der Waals surface area contributed by atoms with E-state index >= 15 is 0 Å². The zero-order valence-corrected chi connectivity index (χ0v) is 12.9. The molecule has 1 N–H and O–H groups in total. The molecular weight excluding hydrogens is 292 g/mol. The summed E-state index contributed by atoms with van der Waals surface area (Å²) in [6, 6.07) is 7.92. The molecule has 1 atom stereocenters. The number of hydrogen-bond donors (Lipinski definition) is 1. The lowest BCUT2D eigenvalue weighted by Crippen LogP contribution is -2.18. The minimum atomic E-state index is 0.120. The van der Waals surface area contributed by atoms with Crippen LogP contribution in [0.15, 0.2) is 34.1 Å². The third kappa shape index (κ3) is 2.46. The van der Waals surface area contributed by atoms with Crippen molar-refractivity contribution < 1.29 is 4.42 Å². The zero-order chi connectivity index (χ0) is 14.1. The minimum Gasteiger partial charge on any atom is -0.441 e. The normalized spacial score (nSPS) is 12.9. The van der Waals surface area contributed by atoms with E-state index < -0.39 is 0 Å². The number of oxazole rings is 1. The van der Waals surface area contributed by atoms with Crippen LogP contribution in [0.4, 0.5) is 0 Å². The number of benzene rings is 1. The van der Waals surface area contributed by atoms with Crippen LogP contribution in [0.1, 0.15) is 22.4 Å². The van der Waals surface area contributed by atoms with Crippen LogP contribution in [0, 0.1) is 6.92 Å². The summed E-state index contributed by atoms with van der Waals surface area (Å²) in [5.74, 6) is 0.729. The third-order valence-electron chi connectivity index (χ3n) is 3.31. The molecule has 0 amide bonds. The number of hydrogen-bond acceptors (Lipinski definition) is 4. The number of nitrogens with zero attached hydrogens (tertiary/aromatic N) is 1. The van der Waals surface area contributed by atoms with Crippen molar-refractivity contribution in [3.63, 3.8) is 0 Å². The molecule has 0 aliphatic heterocycles. The van der Waals surface area contributed by atoms with Crippen molar-refractivity contribution in [2.75, 3.05) is 7.05 Å². The number of thiophene rings is 1. The van der Waals surface area contributed by atoms with Crippen molar-refractivity contribution in [1.82, 2.24) is 10.3 Å². The maximum atomic E-state index is 6.35. The van der Waals surface area contributed by atoms with E-state index in [-0.39, 0.29) is 6.04 Å². The summed E-state index contributed by atoms with van der Waals surface area (Å²) in [5, 5.41) is 6.21. The molecule has 1 unspecified atom stereocenters. The van der Waals surface area contributed by atoms with E-state index in [9.17, 15) is 0 Å². The Hall–Kier alpha value is -1.36. The van der Waals surface area contributed by atoms with Gasteiger partial charge in [-0.1, -0.05) is 23.7 Å². The number of fused-ring (bicyclic) bond motifs is 1. The second-order valence-corrected chi connectivity index (χ2v) is 6.01. The van der Waals surface area contributed by atoms with Gasteiger partial charge in [0.2, 0.25) is 0 Å². The van der Waals surface area contributed by atoms with Crippen LogP contribution in [0.5, 0.6) is 0 Å². The van der Waals surface area contributed by atoms with Gasteiger partial charge < -0.3 is 9.73 Å². The van der Waals surface area contributed by atoms with Crippen LogP contribution in [0.2, 0.25) is 5.02 Å². The largest absolute Gasteiger partial charge is 0.441 e. The fourth-order valence-electron chi connectivity index (χ4n) is 2.19. The molecule has 0 radical (unpaired) electrons. The predicted molar refractivity (Wildman–Crippen MR) is 83.6 cm³/mol. The van der Waals surface area contributed by atoms with Crippen molar-refractivity contribution in [2.24, 2.45) is 0 Å². The Labute approximate surface area is 126 Å². The number of halogens is 1. The second-order valence-electron chi connectivity index (χ2n) is 4.72. The number of para-hydroxylation sites is 2. The number of aryl methyl sites for hydroxylation is 1. The molecule has 104 valence electrons. The molecule has 2 heterocycles. The van der Waals surface area contributed by atoms with E-state index in [0.717, 1.165) is 32.5 Å². The Morgan fingerprint density at radius 2 is 2.20 bits per heavy atom. The first-order valence-corrected chi connectivity index (χ1v) is 7.70. The Morgan fingerprint density at radius 3 is 2.85 bits per heavy atom. The van der Waals surface area contributed by atoms with Crippen LogP contribution in [0.3, 0.4) is 0 Å². The molecule has 3 nitrogen and oxygen atoms in total. The van der Waals surface area contributed by atoms with Crippen molar-refractivity contribution in [2.45, 2.75) is 19.4 Å². The molecular formula is C15H15ClN2OS. The van der Waals surface area contributed by atoms with Gasteiger partial charge in [0.1, 0.15) is 5.52 Å². The van der Waals surface area contributed by atoms with Crippen molar-refractivity contribution >= 4 is 34.0 Å². The van der Waals surface area contributed by atoms with Gasteiger partial charge in [0, 0.05) is 11.3 Å².